The molecule has 0 amide bonds. The largest absolute Gasteiger partial charge is 0.310 e. The Morgan fingerprint density at radius 3 is 1.78 bits per heavy atom. The van der Waals surface area contributed by atoms with Crippen molar-refractivity contribution in [3.8, 4) is 27.9 Å². The van der Waals surface area contributed by atoms with E-state index in [0.717, 1.165) is 17.1 Å². The Hall–Kier alpha value is -6.42. The summed E-state index contributed by atoms with van der Waals surface area (Å²) in [6, 6.07) is 64.6. The predicted octanol–water partition coefficient (Wildman–Crippen LogP) is 14.9. The van der Waals surface area contributed by atoms with Crippen LogP contribution in [0.2, 0.25) is 0 Å². The van der Waals surface area contributed by atoms with Crippen LogP contribution in [-0.2, 0) is 0 Å². The average Bonchev–Trinajstić information content (AvgIpc) is 3.74. The molecule has 2 aromatic heterocycles. The van der Waals surface area contributed by atoms with Gasteiger partial charge in [0.2, 0.25) is 0 Å². The van der Waals surface area contributed by atoms with E-state index in [2.05, 4.69) is 206 Å². The molecule has 2 heterocycles. The third kappa shape index (κ3) is 5.23. The first-order valence-corrected chi connectivity index (χ1v) is 19.4. The molecular formula is C51H38N2S. The van der Waals surface area contributed by atoms with E-state index in [0.29, 0.717) is 0 Å². The SMILES string of the molecule is Cc1cccc(N(c2cc(C)c(-c3ccccc3)c(C)c2)c2cc(-c3ccccc3-n3c4ccccc4c4ccccc43)c3sc4ccccc4c3c2)c1. The lowest BCUT2D eigenvalue weighted by molar-refractivity contribution is 1.18. The summed E-state index contributed by atoms with van der Waals surface area (Å²) in [6.45, 7) is 6.67. The first-order valence-electron chi connectivity index (χ1n) is 18.6. The van der Waals surface area contributed by atoms with Gasteiger partial charge in [0, 0.05) is 59.1 Å². The lowest BCUT2D eigenvalue weighted by Crippen LogP contribution is -2.11. The van der Waals surface area contributed by atoms with Crippen LogP contribution in [0.4, 0.5) is 17.1 Å². The number of hydrogen-bond acceptors (Lipinski definition) is 2. The Morgan fingerprint density at radius 2 is 1.06 bits per heavy atom. The van der Waals surface area contributed by atoms with Gasteiger partial charge in [0.15, 0.2) is 0 Å². The van der Waals surface area contributed by atoms with Gasteiger partial charge in [0.1, 0.15) is 0 Å². The molecule has 2 nitrogen and oxygen atoms in total. The summed E-state index contributed by atoms with van der Waals surface area (Å²) in [5, 5.41) is 5.08. The Balaban J connectivity index is 1.27. The molecule has 0 fully saturated rings. The van der Waals surface area contributed by atoms with E-state index in [4.69, 9.17) is 0 Å². The second-order valence-corrected chi connectivity index (χ2v) is 15.4. The zero-order chi connectivity index (χ0) is 36.3. The highest BCUT2D eigenvalue weighted by Gasteiger charge is 2.22. The number of benzene rings is 8. The van der Waals surface area contributed by atoms with E-state index in [-0.39, 0.29) is 0 Å². The molecule has 0 N–H and O–H groups in total. The minimum atomic E-state index is 1.13. The fourth-order valence-corrected chi connectivity index (χ4v) is 9.78. The third-order valence-corrected chi connectivity index (χ3v) is 12.1. The minimum Gasteiger partial charge on any atom is -0.310 e. The van der Waals surface area contributed by atoms with Crippen molar-refractivity contribution in [2.45, 2.75) is 20.8 Å². The normalized spacial score (nSPS) is 11.6. The minimum absolute atomic E-state index is 1.13. The molecule has 0 spiro atoms. The van der Waals surface area contributed by atoms with Crippen LogP contribution >= 0.6 is 11.3 Å². The van der Waals surface area contributed by atoms with E-state index in [1.807, 2.05) is 11.3 Å². The number of hydrogen-bond donors (Lipinski definition) is 0. The maximum Gasteiger partial charge on any atom is 0.0541 e. The van der Waals surface area contributed by atoms with Gasteiger partial charge in [-0.15, -0.1) is 11.3 Å². The van der Waals surface area contributed by atoms with Crippen molar-refractivity contribution in [3.63, 3.8) is 0 Å². The van der Waals surface area contributed by atoms with Gasteiger partial charge in [-0.25, -0.2) is 0 Å². The van der Waals surface area contributed by atoms with Crippen LogP contribution < -0.4 is 4.90 Å². The maximum atomic E-state index is 2.46. The van der Waals surface area contributed by atoms with Crippen LogP contribution in [0, 0.1) is 20.8 Å². The number of nitrogens with zero attached hydrogens (tertiary/aromatic N) is 2. The first-order chi connectivity index (χ1) is 26.5. The van der Waals surface area contributed by atoms with Crippen molar-refractivity contribution >= 4 is 70.4 Å². The van der Waals surface area contributed by atoms with Crippen LogP contribution in [0.1, 0.15) is 16.7 Å². The van der Waals surface area contributed by atoms with Gasteiger partial charge in [-0.1, -0.05) is 115 Å². The predicted molar refractivity (Wildman–Crippen MR) is 233 cm³/mol. The van der Waals surface area contributed by atoms with Gasteiger partial charge < -0.3 is 9.47 Å². The van der Waals surface area contributed by atoms with Crippen molar-refractivity contribution in [2.75, 3.05) is 4.90 Å². The number of para-hydroxylation sites is 3. The summed E-state index contributed by atoms with van der Waals surface area (Å²) < 4.78 is 5.05. The van der Waals surface area contributed by atoms with Crippen molar-refractivity contribution in [2.24, 2.45) is 0 Å². The number of anilines is 3. The van der Waals surface area contributed by atoms with E-state index in [1.54, 1.807) is 0 Å². The van der Waals surface area contributed by atoms with Crippen molar-refractivity contribution in [1.82, 2.24) is 4.57 Å². The van der Waals surface area contributed by atoms with Crippen LogP contribution in [0.15, 0.2) is 176 Å². The third-order valence-electron chi connectivity index (χ3n) is 10.8. The molecule has 0 bridgehead atoms. The standard InChI is InChI=1S/C51H38N2S/c1-33-16-15-19-37(28-33)52(38-29-34(2)50(35(3)30-38)36-17-5-4-6-18-36)39-31-44(51-45(32-39)43-23-10-14-27-49(43)54-51)42-22-9-13-26-48(42)53-46-24-11-7-20-40(46)41-21-8-12-25-47(41)53/h4-32H,1-3H3. The lowest BCUT2D eigenvalue weighted by atomic mass is 9.94. The summed E-state index contributed by atoms with van der Waals surface area (Å²) in [5.41, 5.74) is 15.7. The monoisotopic (exact) mass is 710 g/mol. The topological polar surface area (TPSA) is 8.17 Å². The maximum absolute atomic E-state index is 2.46. The van der Waals surface area contributed by atoms with Crippen LogP contribution in [-0.4, -0.2) is 4.57 Å². The highest BCUT2D eigenvalue weighted by molar-refractivity contribution is 7.26. The highest BCUT2D eigenvalue weighted by Crippen LogP contribution is 2.48. The van der Waals surface area contributed by atoms with Crippen LogP contribution in [0.3, 0.4) is 0 Å². The molecule has 0 aliphatic rings. The van der Waals surface area contributed by atoms with Gasteiger partial charge >= 0.3 is 0 Å². The van der Waals surface area contributed by atoms with E-state index < -0.39 is 0 Å². The number of aromatic nitrogens is 1. The lowest BCUT2D eigenvalue weighted by Gasteiger charge is -2.28. The second-order valence-electron chi connectivity index (χ2n) is 14.4. The molecule has 10 rings (SSSR count). The molecule has 0 unspecified atom stereocenters. The Bertz CT molecular complexity index is 2960. The number of fused-ring (bicyclic) bond motifs is 6. The second kappa shape index (κ2) is 12.9. The number of aryl methyl sites for hydroxylation is 3. The van der Waals surface area contributed by atoms with Gasteiger partial charge in [-0.3, -0.25) is 0 Å². The molecule has 0 aliphatic heterocycles. The fourth-order valence-electron chi connectivity index (χ4n) is 8.56. The molecule has 0 aliphatic carbocycles. The average molecular weight is 711 g/mol. The van der Waals surface area contributed by atoms with E-state index >= 15 is 0 Å². The van der Waals surface area contributed by atoms with Gasteiger partial charge in [-0.05, 0) is 109 Å². The fraction of sp³-hybridized carbons (Fsp3) is 0.0588. The van der Waals surface area contributed by atoms with Gasteiger partial charge in [0.05, 0.1) is 16.7 Å². The smallest absolute Gasteiger partial charge is 0.0541 e. The summed E-state index contributed by atoms with van der Waals surface area (Å²) >= 11 is 1.89. The van der Waals surface area contributed by atoms with Crippen LogP contribution in [0.5, 0.6) is 0 Å². The Kier molecular flexibility index (Phi) is 7.71. The van der Waals surface area contributed by atoms with E-state index in [9.17, 15) is 0 Å². The van der Waals surface area contributed by atoms with Crippen molar-refractivity contribution in [3.05, 3.63) is 193 Å². The zero-order valence-corrected chi connectivity index (χ0v) is 31.4. The summed E-state index contributed by atoms with van der Waals surface area (Å²) in [5.74, 6) is 0. The molecule has 0 saturated heterocycles. The zero-order valence-electron chi connectivity index (χ0n) is 30.5. The molecule has 8 aromatic carbocycles. The number of rotatable bonds is 6. The molecule has 3 heteroatoms. The van der Waals surface area contributed by atoms with Crippen molar-refractivity contribution < 1.29 is 0 Å². The molecule has 0 atom stereocenters. The van der Waals surface area contributed by atoms with Gasteiger partial charge in [-0.2, -0.15) is 0 Å². The van der Waals surface area contributed by atoms with Crippen molar-refractivity contribution in [1.29, 1.82) is 0 Å². The molecule has 10 aromatic rings. The highest BCUT2D eigenvalue weighted by atomic mass is 32.1. The van der Waals surface area contributed by atoms with E-state index in [1.165, 1.54) is 86.6 Å². The summed E-state index contributed by atoms with van der Waals surface area (Å²) in [6.07, 6.45) is 0. The molecule has 54 heavy (non-hydrogen) atoms. The quantitative estimate of drug-likeness (QED) is 0.167. The van der Waals surface area contributed by atoms with Crippen LogP contribution in [0.25, 0.3) is 69.9 Å². The first kappa shape index (κ1) is 32.2. The van der Waals surface area contributed by atoms with Gasteiger partial charge in [0.25, 0.3) is 0 Å². The summed E-state index contributed by atoms with van der Waals surface area (Å²) in [7, 11) is 0. The summed E-state index contributed by atoms with van der Waals surface area (Å²) in [4.78, 5) is 2.46. The number of thiophene rings is 1. The Morgan fingerprint density at radius 1 is 0.444 bits per heavy atom. The molecular weight excluding hydrogens is 673 g/mol. The molecule has 0 saturated carbocycles. The molecule has 0 radical (unpaired) electrons. The molecule has 258 valence electrons. The Labute approximate surface area is 319 Å².